The Morgan fingerprint density at radius 2 is 1.21 bits per heavy atom. The molecule has 2 amide bonds. The second-order valence-electron chi connectivity index (χ2n) is 11.2. The van der Waals surface area contributed by atoms with Gasteiger partial charge in [0.25, 0.3) is 0 Å². The molecule has 0 aliphatic carbocycles. The Bertz CT molecular complexity index is 1330. The van der Waals surface area contributed by atoms with Crippen molar-refractivity contribution in [2.24, 2.45) is 0 Å². The molecule has 0 unspecified atom stereocenters. The second kappa shape index (κ2) is 17.1. The average Bonchev–Trinajstić information content (AvgIpc) is 2.91. The van der Waals surface area contributed by atoms with Crippen LogP contribution in [0, 0.1) is 24.7 Å². The Labute approximate surface area is 263 Å². The SMILES string of the molecule is C#CCN(Cc1cc(Br)ccc1OC)C(=O)OC(C)(C)C.C#CCN(Cc1cc(C=O)ccc1OC)C(=O)OC(C)(C)C. The van der Waals surface area contributed by atoms with Crippen LogP contribution in [0.3, 0.4) is 0 Å². The molecule has 2 rings (SSSR count). The van der Waals surface area contributed by atoms with E-state index in [1.807, 2.05) is 39.0 Å². The summed E-state index contributed by atoms with van der Waals surface area (Å²) in [6.45, 7) is 11.6. The lowest BCUT2D eigenvalue weighted by atomic mass is 10.1. The van der Waals surface area contributed by atoms with Crippen molar-refractivity contribution < 1.29 is 33.3 Å². The largest absolute Gasteiger partial charge is 0.496 e. The molecule has 0 radical (unpaired) electrons. The fourth-order valence-corrected chi connectivity index (χ4v) is 3.93. The number of ether oxygens (including phenoxy) is 4. The number of hydrogen-bond donors (Lipinski definition) is 0. The number of carbonyl (C=O) groups is 3. The highest BCUT2D eigenvalue weighted by Gasteiger charge is 2.24. The van der Waals surface area contributed by atoms with Gasteiger partial charge in [-0.25, -0.2) is 9.59 Å². The molecule has 2 aromatic rings. The van der Waals surface area contributed by atoms with Crippen LogP contribution in [-0.2, 0) is 22.6 Å². The first kappa shape index (κ1) is 36.9. The number of rotatable bonds is 9. The summed E-state index contributed by atoms with van der Waals surface area (Å²) < 4.78 is 22.2. The molecule has 0 aliphatic heterocycles. The van der Waals surface area contributed by atoms with Gasteiger partial charge in [-0.15, -0.1) is 12.8 Å². The zero-order chi connectivity index (χ0) is 32.8. The van der Waals surface area contributed by atoms with Crippen molar-refractivity contribution in [2.75, 3.05) is 27.3 Å². The van der Waals surface area contributed by atoms with Gasteiger partial charge in [0.05, 0.1) is 40.4 Å². The van der Waals surface area contributed by atoms with Crippen LogP contribution in [0.25, 0.3) is 0 Å². The molecule has 0 fully saturated rings. The molecule has 0 bridgehead atoms. The van der Waals surface area contributed by atoms with Crippen molar-refractivity contribution >= 4 is 34.4 Å². The van der Waals surface area contributed by atoms with Crippen LogP contribution < -0.4 is 9.47 Å². The van der Waals surface area contributed by atoms with Gasteiger partial charge in [-0.1, -0.05) is 27.8 Å². The fraction of sp³-hybridized carbons (Fsp3) is 0.424. The minimum absolute atomic E-state index is 0.101. The van der Waals surface area contributed by atoms with E-state index in [1.54, 1.807) is 46.1 Å². The number of methoxy groups -OCH3 is 2. The number of terminal acetylenes is 2. The monoisotopic (exact) mass is 656 g/mol. The lowest BCUT2D eigenvalue weighted by Gasteiger charge is -2.26. The summed E-state index contributed by atoms with van der Waals surface area (Å²) in [7, 11) is 3.12. The number of amides is 2. The predicted octanol–water partition coefficient (Wildman–Crippen LogP) is 6.71. The summed E-state index contributed by atoms with van der Waals surface area (Å²) in [5.74, 6) is 6.19. The predicted molar refractivity (Wildman–Crippen MR) is 170 cm³/mol. The number of aldehydes is 1. The summed E-state index contributed by atoms with van der Waals surface area (Å²) in [5.41, 5.74) is 0.867. The van der Waals surface area contributed by atoms with Gasteiger partial charge in [0.15, 0.2) is 0 Å². The quantitative estimate of drug-likeness (QED) is 0.219. The van der Waals surface area contributed by atoms with Gasteiger partial charge in [0.2, 0.25) is 0 Å². The zero-order valence-electron chi connectivity index (χ0n) is 26.2. The van der Waals surface area contributed by atoms with E-state index in [0.717, 1.165) is 16.3 Å². The Morgan fingerprint density at radius 3 is 1.58 bits per heavy atom. The number of benzene rings is 2. The molecular formula is C33H41BrN2O7. The van der Waals surface area contributed by atoms with Crippen LogP contribution in [-0.4, -0.2) is 66.8 Å². The molecule has 10 heteroatoms. The molecule has 0 saturated carbocycles. The number of hydrogen-bond acceptors (Lipinski definition) is 7. The van der Waals surface area contributed by atoms with Crippen LogP contribution in [0.5, 0.6) is 11.5 Å². The standard InChI is InChI=1S/C17H21NO4.C16H20BrNO3/c1-6-9-18(16(20)22-17(2,3)4)11-14-10-13(12-19)7-8-15(14)21-5;1-6-9-18(15(19)21-16(2,3)4)11-12-10-13(17)7-8-14(12)20-5/h1,7-8,10,12H,9,11H2,2-5H3;1,7-8,10H,9,11H2,2-5H3. The number of carbonyl (C=O) groups excluding carboxylic acids is 3. The first-order valence-electron chi connectivity index (χ1n) is 13.3. The van der Waals surface area contributed by atoms with Gasteiger partial charge in [-0.2, -0.15) is 0 Å². The summed E-state index contributed by atoms with van der Waals surface area (Å²) in [4.78, 5) is 38.2. The van der Waals surface area contributed by atoms with E-state index in [9.17, 15) is 14.4 Å². The normalized spacial score (nSPS) is 10.6. The van der Waals surface area contributed by atoms with Crippen molar-refractivity contribution in [1.82, 2.24) is 9.80 Å². The first-order valence-corrected chi connectivity index (χ1v) is 14.1. The smallest absolute Gasteiger partial charge is 0.411 e. The van der Waals surface area contributed by atoms with Crippen LogP contribution in [0.4, 0.5) is 9.59 Å². The van der Waals surface area contributed by atoms with Gasteiger partial charge in [-0.3, -0.25) is 14.6 Å². The topological polar surface area (TPSA) is 94.6 Å². The number of halogens is 1. The molecule has 0 heterocycles. The van der Waals surface area contributed by atoms with Crippen molar-refractivity contribution in [3.05, 3.63) is 57.6 Å². The lowest BCUT2D eigenvalue weighted by Crippen LogP contribution is -2.36. The van der Waals surface area contributed by atoms with E-state index in [-0.39, 0.29) is 19.6 Å². The minimum Gasteiger partial charge on any atom is -0.496 e. The highest BCUT2D eigenvalue weighted by atomic mass is 79.9. The molecular weight excluding hydrogens is 616 g/mol. The van der Waals surface area contributed by atoms with E-state index in [4.69, 9.17) is 31.8 Å². The van der Waals surface area contributed by atoms with E-state index >= 15 is 0 Å². The third-order valence-electron chi connectivity index (χ3n) is 5.27. The Morgan fingerprint density at radius 1 is 0.791 bits per heavy atom. The minimum atomic E-state index is -0.612. The van der Waals surface area contributed by atoms with Crippen LogP contribution in [0.15, 0.2) is 40.9 Å². The molecule has 2 aromatic carbocycles. The van der Waals surface area contributed by atoms with Gasteiger partial charge in [0.1, 0.15) is 29.0 Å². The highest BCUT2D eigenvalue weighted by molar-refractivity contribution is 9.10. The molecule has 43 heavy (non-hydrogen) atoms. The highest BCUT2D eigenvalue weighted by Crippen LogP contribution is 2.25. The Hall–Kier alpha value is -4.15. The van der Waals surface area contributed by atoms with Gasteiger partial charge in [0, 0.05) is 21.2 Å². The zero-order valence-corrected chi connectivity index (χ0v) is 27.7. The van der Waals surface area contributed by atoms with Gasteiger partial charge in [-0.05, 0) is 77.9 Å². The summed E-state index contributed by atoms with van der Waals surface area (Å²) in [6, 6.07) is 10.6. The fourth-order valence-electron chi connectivity index (χ4n) is 3.52. The van der Waals surface area contributed by atoms with Gasteiger partial charge < -0.3 is 18.9 Å². The maximum atomic E-state index is 12.2. The van der Waals surface area contributed by atoms with Crippen LogP contribution >= 0.6 is 15.9 Å². The van der Waals surface area contributed by atoms with E-state index < -0.39 is 23.4 Å². The maximum absolute atomic E-state index is 12.2. The van der Waals surface area contributed by atoms with E-state index in [0.29, 0.717) is 29.2 Å². The molecule has 232 valence electrons. The molecule has 0 aliphatic rings. The molecule has 9 nitrogen and oxygen atoms in total. The van der Waals surface area contributed by atoms with Crippen LogP contribution in [0.1, 0.15) is 63.0 Å². The van der Waals surface area contributed by atoms with E-state index in [2.05, 4.69) is 27.8 Å². The third kappa shape index (κ3) is 13.6. The Kier molecular flexibility index (Phi) is 14.7. The van der Waals surface area contributed by atoms with Crippen LogP contribution in [0.2, 0.25) is 0 Å². The lowest BCUT2D eigenvalue weighted by molar-refractivity contribution is 0.0249. The molecule has 0 spiro atoms. The second-order valence-corrected chi connectivity index (χ2v) is 12.1. The van der Waals surface area contributed by atoms with Crippen molar-refractivity contribution in [2.45, 2.75) is 65.8 Å². The first-order chi connectivity index (χ1) is 20.1. The average molecular weight is 658 g/mol. The summed E-state index contributed by atoms with van der Waals surface area (Å²) in [5, 5.41) is 0. The summed E-state index contributed by atoms with van der Waals surface area (Å²) in [6.07, 6.45) is 10.5. The Balaban J connectivity index is 0.000000430. The maximum Gasteiger partial charge on any atom is 0.411 e. The molecule has 0 N–H and O–H groups in total. The third-order valence-corrected chi connectivity index (χ3v) is 5.77. The molecule has 0 aromatic heterocycles. The molecule has 0 saturated heterocycles. The summed E-state index contributed by atoms with van der Waals surface area (Å²) >= 11 is 3.41. The van der Waals surface area contributed by atoms with Gasteiger partial charge >= 0.3 is 12.2 Å². The van der Waals surface area contributed by atoms with Crippen molar-refractivity contribution in [3.8, 4) is 36.2 Å². The van der Waals surface area contributed by atoms with Crippen molar-refractivity contribution in [3.63, 3.8) is 0 Å². The molecule has 0 atom stereocenters. The number of nitrogens with zero attached hydrogens (tertiary/aromatic N) is 2. The van der Waals surface area contributed by atoms with Crippen molar-refractivity contribution in [1.29, 1.82) is 0 Å². The van der Waals surface area contributed by atoms with E-state index in [1.165, 1.54) is 16.9 Å².